The van der Waals surface area contributed by atoms with E-state index in [2.05, 4.69) is 15.8 Å². The molecule has 2 aliphatic rings. The Bertz CT molecular complexity index is 1210. The van der Waals surface area contributed by atoms with E-state index >= 15 is 0 Å². The molecule has 1 fully saturated rings. The zero-order valence-electron chi connectivity index (χ0n) is 16.6. The zero-order valence-corrected chi connectivity index (χ0v) is 19.0. The molecule has 14 heteroatoms. The fourth-order valence-corrected chi connectivity index (χ4v) is 6.47. The van der Waals surface area contributed by atoms with Crippen molar-refractivity contribution in [1.29, 1.82) is 5.41 Å². The van der Waals surface area contributed by atoms with Crippen LogP contribution in [0, 0.1) is 5.41 Å². The summed E-state index contributed by atoms with van der Waals surface area (Å²) in [6, 6.07) is 6.08. The van der Waals surface area contributed by atoms with Crippen molar-refractivity contribution in [3.05, 3.63) is 56.2 Å². The van der Waals surface area contributed by atoms with Crippen molar-refractivity contribution in [3.63, 3.8) is 0 Å². The number of hydrazone groups is 1. The first-order chi connectivity index (χ1) is 14.8. The normalized spacial score (nSPS) is 25.1. The molecule has 2 aliphatic heterocycles. The quantitative estimate of drug-likeness (QED) is 0.590. The Morgan fingerprint density at radius 1 is 1.34 bits per heavy atom. The van der Waals surface area contributed by atoms with E-state index in [1.165, 1.54) is 19.2 Å². The van der Waals surface area contributed by atoms with Crippen LogP contribution in [0.1, 0.15) is 34.0 Å². The molecule has 0 amide bonds. The molecule has 0 bridgehead atoms. The van der Waals surface area contributed by atoms with Gasteiger partial charge in [0.05, 0.1) is 31.6 Å². The van der Waals surface area contributed by atoms with Gasteiger partial charge in [-0.2, -0.15) is 13.2 Å². The highest BCUT2D eigenvalue weighted by molar-refractivity contribution is 7.89. The average molecular weight is 508 g/mol. The Morgan fingerprint density at radius 3 is 2.59 bits per heavy atom. The molecule has 3 N–H and O–H groups in total. The second kappa shape index (κ2) is 7.52. The van der Waals surface area contributed by atoms with E-state index in [1.54, 1.807) is 13.0 Å². The number of hydrogen-bond donors (Lipinski definition) is 3. The summed E-state index contributed by atoms with van der Waals surface area (Å²) in [7, 11) is -2.42. The number of alkyl halides is 3. The lowest BCUT2D eigenvalue weighted by atomic mass is 10.0. The van der Waals surface area contributed by atoms with E-state index in [-0.39, 0.29) is 22.6 Å². The monoisotopic (exact) mass is 507 g/mol. The lowest BCUT2D eigenvalue weighted by Gasteiger charge is -2.39. The second-order valence-electron chi connectivity index (χ2n) is 7.48. The standard InChI is InChI=1S/C18H17ClF3N5O3S2/c1-17(8-32(28,29)27(2)16(23)24-17)13-11(19)7-12(31-13)15-26-25-14(30-15)9-3-5-10(6-4-9)18(20,21)22/h3-7,14,25H,8H2,1-2H3,(H2,23,24)/t14?,17-/m0/s1. The SMILES string of the molecule is CN1C(=N)N[C@](C)(c2sc(C3=NNC(c4ccc(C(F)(F)F)cc4)O3)cc2Cl)CS1(=O)=O. The summed E-state index contributed by atoms with van der Waals surface area (Å²) in [4.78, 5) is 0.984. The smallest absolute Gasteiger partial charge is 0.416 e. The maximum absolute atomic E-state index is 12.8. The zero-order chi connectivity index (χ0) is 23.5. The summed E-state index contributed by atoms with van der Waals surface area (Å²) in [5.41, 5.74) is 1.26. The number of halogens is 4. The summed E-state index contributed by atoms with van der Waals surface area (Å²) >= 11 is 7.54. The molecule has 2 aromatic rings. The average Bonchev–Trinajstić information content (AvgIpc) is 3.32. The fourth-order valence-electron chi connectivity index (χ4n) is 3.33. The number of nitrogens with one attached hydrogen (secondary N) is 3. The molecule has 172 valence electrons. The fraction of sp³-hybridized carbons (Fsp3) is 0.333. The number of hydrogen-bond acceptors (Lipinski definition) is 7. The summed E-state index contributed by atoms with van der Waals surface area (Å²) in [5.74, 6) is -0.413. The van der Waals surface area contributed by atoms with Gasteiger partial charge in [-0.25, -0.2) is 12.7 Å². The van der Waals surface area contributed by atoms with Gasteiger partial charge >= 0.3 is 6.18 Å². The molecule has 2 atom stereocenters. The van der Waals surface area contributed by atoms with Gasteiger partial charge in [-0.05, 0) is 25.1 Å². The third-order valence-electron chi connectivity index (χ3n) is 5.05. The van der Waals surface area contributed by atoms with Crippen molar-refractivity contribution in [2.75, 3.05) is 12.8 Å². The largest absolute Gasteiger partial charge is 0.446 e. The van der Waals surface area contributed by atoms with E-state index in [4.69, 9.17) is 21.7 Å². The molecule has 0 saturated carbocycles. The predicted octanol–water partition coefficient (Wildman–Crippen LogP) is 3.42. The van der Waals surface area contributed by atoms with Gasteiger partial charge in [0.15, 0.2) is 0 Å². The third kappa shape index (κ3) is 3.99. The van der Waals surface area contributed by atoms with Crippen LogP contribution in [0.25, 0.3) is 0 Å². The van der Waals surface area contributed by atoms with Crippen molar-refractivity contribution in [1.82, 2.24) is 15.0 Å². The molecule has 0 aliphatic carbocycles. The van der Waals surface area contributed by atoms with Crippen LogP contribution in [0.5, 0.6) is 0 Å². The van der Waals surface area contributed by atoms with E-state index < -0.39 is 33.5 Å². The summed E-state index contributed by atoms with van der Waals surface area (Å²) in [5, 5.41) is 15.2. The van der Waals surface area contributed by atoms with E-state index in [9.17, 15) is 21.6 Å². The van der Waals surface area contributed by atoms with Gasteiger partial charge in [0, 0.05) is 12.6 Å². The van der Waals surface area contributed by atoms with Gasteiger partial charge in [0.2, 0.25) is 22.2 Å². The molecule has 8 nitrogen and oxygen atoms in total. The Balaban J connectivity index is 1.54. The van der Waals surface area contributed by atoms with Gasteiger partial charge in [0.1, 0.15) is 0 Å². The Labute approximate surface area is 190 Å². The van der Waals surface area contributed by atoms with Gasteiger partial charge in [-0.3, -0.25) is 10.8 Å². The first kappa shape index (κ1) is 22.7. The van der Waals surface area contributed by atoms with Crippen LogP contribution in [-0.2, 0) is 26.5 Å². The van der Waals surface area contributed by atoms with Crippen molar-refractivity contribution < 1.29 is 26.3 Å². The van der Waals surface area contributed by atoms with Crippen LogP contribution in [0.3, 0.4) is 0 Å². The number of rotatable bonds is 3. The van der Waals surface area contributed by atoms with Crippen molar-refractivity contribution in [2.24, 2.45) is 5.10 Å². The molecule has 1 saturated heterocycles. The Kier molecular flexibility index (Phi) is 5.33. The molecule has 4 rings (SSSR count). The second-order valence-corrected chi connectivity index (χ2v) is 10.9. The van der Waals surface area contributed by atoms with Crippen LogP contribution < -0.4 is 10.7 Å². The first-order valence-electron chi connectivity index (χ1n) is 9.11. The summed E-state index contributed by atoms with van der Waals surface area (Å²) in [6.45, 7) is 1.63. The van der Waals surface area contributed by atoms with Gasteiger partial charge < -0.3 is 10.1 Å². The predicted molar refractivity (Wildman–Crippen MR) is 114 cm³/mol. The number of ether oxygens (including phenoxy) is 1. The van der Waals surface area contributed by atoms with Crippen molar-refractivity contribution in [2.45, 2.75) is 24.9 Å². The third-order valence-corrected chi connectivity index (χ3v) is 8.81. The Morgan fingerprint density at radius 2 is 2.00 bits per heavy atom. The highest BCUT2D eigenvalue weighted by Gasteiger charge is 2.44. The maximum atomic E-state index is 12.8. The van der Waals surface area contributed by atoms with Crippen LogP contribution in [0.4, 0.5) is 13.2 Å². The van der Waals surface area contributed by atoms with Crippen LogP contribution >= 0.6 is 22.9 Å². The number of guanidine groups is 1. The van der Waals surface area contributed by atoms with Gasteiger partial charge in [-0.15, -0.1) is 16.4 Å². The van der Waals surface area contributed by atoms with Gasteiger partial charge in [-0.1, -0.05) is 23.7 Å². The number of nitrogens with zero attached hydrogens (tertiary/aromatic N) is 2. The minimum atomic E-state index is -4.43. The molecular formula is C18H17ClF3N5O3S2. The van der Waals surface area contributed by atoms with Crippen LogP contribution in [0.2, 0.25) is 5.02 Å². The molecule has 1 aromatic carbocycles. The van der Waals surface area contributed by atoms with Gasteiger partial charge in [0.25, 0.3) is 5.90 Å². The summed E-state index contributed by atoms with van der Waals surface area (Å²) in [6.07, 6.45) is -5.22. The molecule has 0 radical (unpaired) electrons. The highest BCUT2D eigenvalue weighted by atomic mass is 35.5. The van der Waals surface area contributed by atoms with E-state index in [0.29, 0.717) is 15.3 Å². The molecule has 1 aromatic heterocycles. The molecular weight excluding hydrogens is 491 g/mol. The minimum absolute atomic E-state index is 0.169. The first-order valence-corrected chi connectivity index (χ1v) is 11.9. The van der Waals surface area contributed by atoms with E-state index in [1.807, 2.05) is 0 Å². The van der Waals surface area contributed by atoms with Crippen molar-refractivity contribution in [3.8, 4) is 0 Å². The number of sulfonamides is 1. The topological polar surface area (TPSA) is 107 Å². The molecule has 32 heavy (non-hydrogen) atoms. The lowest BCUT2D eigenvalue weighted by molar-refractivity contribution is -0.137. The molecule has 0 spiro atoms. The Hall–Kier alpha value is -2.51. The lowest BCUT2D eigenvalue weighted by Crippen LogP contribution is -2.60. The van der Waals surface area contributed by atoms with Crippen LogP contribution in [0.15, 0.2) is 35.4 Å². The maximum Gasteiger partial charge on any atom is 0.416 e. The minimum Gasteiger partial charge on any atom is -0.446 e. The molecule has 1 unspecified atom stereocenters. The number of thiophene rings is 1. The van der Waals surface area contributed by atoms with Crippen LogP contribution in [-0.4, -0.2) is 37.4 Å². The highest BCUT2D eigenvalue weighted by Crippen LogP contribution is 2.40. The van der Waals surface area contributed by atoms with E-state index in [0.717, 1.165) is 27.8 Å². The number of benzene rings is 1. The molecule has 3 heterocycles. The van der Waals surface area contributed by atoms with Crippen molar-refractivity contribution >= 4 is 44.8 Å². The summed E-state index contributed by atoms with van der Waals surface area (Å²) < 4.78 is 69.7.